The summed E-state index contributed by atoms with van der Waals surface area (Å²) < 4.78 is 19.9. The van der Waals surface area contributed by atoms with Gasteiger partial charge in [-0.3, -0.25) is 9.59 Å². The summed E-state index contributed by atoms with van der Waals surface area (Å²) in [5.41, 5.74) is 2.28. The van der Waals surface area contributed by atoms with Gasteiger partial charge in [0.25, 0.3) is 11.8 Å². The number of nitrogens with one attached hydrogen (secondary N) is 3. The van der Waals surface area contributed by atoms with Crippen LogP contribution in [-0.4, -0.2) is 45.6 Å². The maximum Gasteiger partial charge on any atom is 0.337 e. The molecular weight excluding hydrogens is 529 g/mol. The van der Waals surface area contributed by atoms with E-state index in [1.54, 1.807) is 30.3 Å². The molecule has 0 saturated carbocycles. The Morgan fingerprint density at radius 2 is 1.71 bits per heavy atom. The van der Waals surface area contributed by atoms with E-state index < -0.39 is 29.3 Å². The fourth-order valence-electron chi connectivity index (χ4n) is 4.85. The van der Waals surface area contributed by atoms with Crippen molar-refractivity contribution < 1.29 is 33.4 Å². The molecule has 2 heterocycles. The van der Waals surface area contributed by atoms with E-state index in [0.29, 0.717) is 33.2 Å². The molecule has 0 bridgehead atoms. The van der Waals surface area contributed by atoms with Crippen molar-refractivity contribution in [1.82, 2.24) is 15.6 Å². The van der Waals surface area contributed by atoms with Gasteiger partial charge >= 0.3 is 5.97 Å². The predicted octanol–water partition coefficient (Wildman–Crippen LogP) is 5.39. The van der Waals surface area contributed by atoms with Gasteiger partial charge in [0.1, 0.15) is 17.2 Å². The van der Waals surface area contributed by atoms with E-state index in [9.17, 15) is 29.0 Å². The maximum absolute atomic E-state index is 13.7. The summed E-state index contributed by atoms with van der Waals surface area (Å²) in [6.07, 6.45) is -0.517. The Bertz CT molecular complexity index is 1830. The van der Waals surface area contributed by atoms with Crippen LogP contribution in [0, 0.1) is 5.82 Å². The summed E-state index contributed by atoms with van der Waals surface area (Å²) in [4.78, 5) is 41.0. The smallest absolute Gasteiger partial charge is 0.337 e. The van der Waals surface area contributed by atoms with E-state index in [-0.39, 0.29) is 33.8 Å². The second kappa shape index (κ2) is 10.2. The van der Waals surface area contributed by atoms with Gasteiger partial charge in [-0.05, 0) is 68.8 Å². The second-order valence-electron chi connectivity index (χ2n) is 10.7. The van der Waals surface area contributed by atoms with Gasteiger partial charge in [-0.2, -0.15) is 0 Å². The van der Waals surface area contributed by atoms with Crippen molar-refractivity contribution in [2.24, 2.45) is 0 Å². The molecule has 41 heavy (non-hydrogen) atoms. The van der Waals surface area contributed by atoms with Gasteiger partial charge in [0.2, 0.25) is 0 Å². The van der Waals surface area contributed by atoms with E-state index >= 15 is 0 Å². The lowest BCUT2D eigenvalue weighted by Crippen LogP contribution is -2.40. The highest BCUT2D eigenvalue weighted by Gasteiger charge is 2.29. The zero-order valence-corrected chi connectivity index (χ0v) is 22.8. The molecule has 0 aliphatic carbocycles. The molecule has 5 rings (SSSR count). The third-order valence-electron chi connectivity index (χ3n) is 6.65. The molecule has 1 unspecified atom stereocenters. The Hall–Kier alpha value is -4.96. The van der Waals surface area contributed by atoms with Crippen molar-refractivity contribution in [3.63, 3.8) is 0 Å². The number of hydrogen-bond acceptors (Lipinski definition) is 5. The van der Waals surface area contributed by atoms with Gasteiger partial charge in [0.15, 0.2) is 6.10 Å². The Labute approximate surface area is 234 Å². The van der Waals surface area contributed by atoms with E-state index in [2.05, 4.69) is 15.6 Å². The Balaban J connectivity index is 1.85. The Morgan fingerprint density at radius 3 is 2.34 bits per heavy atom. The Morgan fingerprint density at radius 1 is 1.00 bits per heavy atom. The van der Waals surface area contributed by atoms with Crippen LogP contribution in [0.3, 0.4) is 0 Å². The van der Waals surface area contributed by atoms with Crippen molar-refractivity contribution in [2.45, 2.75) is 32.4 Å². The lowest BCUT2D eigenvalue weighted by atomic mass is 9.94. The molecule has 5 aromatic rings. The number of H-pyrrole nitrogens is 1. The molecule has 0 fully saturated rings. The largest absolute Gasteiger partial charge is 0.479 e. The van der Waals surface area contributed by atoms with Gasteiger partial charge in [-0.25, -0.2) is 9.18 Å². The first-order valence-electron chi connectivity index (χ1n) is 12.8. The number of carbonyl (C=O) groups excluding carboxylic acids is 2. The minimum atomic E-state index is -1.89. The van der Waals surface area contributed by atoms with Gasteiger partial charge in [0, 0.05) is 51.8 Å². The van der Waals surface area contributed by atoms with E-state index in [0.717, 1.165) is 0 Å². The number of halogens is 1. The number of furan rings is 1. The van der Waals surface area contributed by atoms with Crippen LogP contribution in [0.25, 0.3) is 44.3 Å². The van der Waals surface area contributed by atoms with E-state index in [1.807, 2.05) is 20.8 Å². The van der Waals surface area contributed by atoms with Gasteiger partial charge in [-0.15, -0.1) is 0 Å². The van der Waals surface area contributed by atoms with Gasteiger partial charge in [0.05, 0.1) is 11.1 Å². The molecular formula is C31H28FN3O6. The molecule has 3 aromatic carbocycles. The number of aliphatic carboxylic acids is 1. The summed E-state index contributed by atoms with van der Waals surface area (Å²) in [7, 11) is 1.46. The summed E-state index contributed by atoms with van der Waals surface area (Å²) in [5, 5.41) is 26.3. The first-order chi connectivity index (χ1) is 19.4. The molecule has 0 radical (unpaired) electrons. The van der Waals surface area contributed by atoms with Crippen molar-refractivity contribution in [3.8, 4) is 22.5 Å². The van der Waals surface area contributed by atoms with Crippen LogP contribution in [0.15, 0.2) is 65.2 Å². The summed E-state index contributed by atoms with van der Waals surface area (Å²) in [6.45, 7) is 5.62. The molecule has 0 aliphatic rings. The number of aromatic amines is 1. The fourth-order valence-corrected chi connectivity index (χ4v) is 4.85. The molecule has 10 heteroatoms. The third-order valence-corrected chi connectivity index (χ3v) is 6.65. The number of hydrogen-bond donors (Lipinski definition) is 5. The highest BCUT2D eigenvalue weighted by molar-refractivity contribution is 6.20. The number of carboxylic acid groups (broad SMARTS) is 1. The number of amides is 2. The van der Waals surface area contributed by atoms with Crippen LogP contribution < -0.4 is 10.6 Å². The molecule has 1 atom stereocenters. The molecule has 0 spiro atoms. The first-order valence-corrected chi connectivity index (χ1v) is 12.8. The molecule has 5 N–H and O–H groups in total. The zero-order chi connectivity index (χ0) is 29.6. The van der Waals surface area contributed by atoms with Crippen molar-refractivity contribution in [3.05, 3.63) is 83.3 Å². The first kappa shape index (κ1) is 27.6. The summed E-state index contributed by atoms with van der Waals surface area (Å²) >= 11 is 0. The predicted molar refractivity (Wildman–Crippen MR) is 152 cm³/mol. The second-order valence-corrected chi connectivity index (χ2v) is 10.7. The Kier molecular flexibility index (Phi) is 6.88. The molecule has 2 aromatic heterocycles. The molecule has 0 saturated heterocycles. The number of rotatable bonds is 6. The highest BCUT2D eigenvalue weighted by atomic mass is 19.1. The van der Waals surface area contributed by atoms with E-state index in [4.69, 9.17) is 4.42 Å². The number of carboxylic acids is 1. The van der Waals surface area contributed by atoms with Gasteiger partial charge < -0.3 is 30.2 Å². The maximum atomic E-state index is 13.7. The number of aliphatic hydroxyl groups excluding tert-OH is 1. The number of aliphatic hydroxyl groups is 1. The number of carbonyl (C=O) groups is 3. The standard InChI is InChI=1S/C31H28FN3O6/c1-31(2,3)35-28(37)17-7-5-6-16(12-17)19-13-20-23(29(38)33-4)26(15-8-10-18(32)11-9-15)41-27(20)22-21(14-34-24(19)22)25(36)30(39)40/h5-14,25,34,36H,1-4H3,(H,33,38)(H,35,37)(H,39,40). The monoisotopic (exact) mass is 557 g/mol. The van der Waals surface area contributed by atoms with E-state index in [1.165, 1.54) is 37.5 Å². The van der Waals surface area contributed by atoms with Gasteiger partial charge in [-0.1, -0.05) is 12.1 Å². The molecule has 9 nitrogen and oxygen atoms in total. The van der Waals surface area contributed by atoms with Crippen LogP contribution in [0.4, 0.5) is 4.39 Å². The SMILES string of the molecule is CNC(=O)c1c(-c2ccc(F)cc2)oc2c1cc(-c1cccc(C(=O)NC(C)(C)C)c1)c1[nH]cc(C(O)C(=O)O)c12. The van der Waals surface area contributed by atoms with Crippen LogP contribution in [0.2, 0.25) is 0 Å². The average molecular weight is 558 g/mol. The van der Waals surface area contributed by atoms with Crippen LogP contribution >= 0.6 is 0 Å². The quantitative estimate of drug-likeness (QED) is 0.189. The normalized spacial score (nSPS) is 12.4. The number of aromatic nitrogens is 1. The third kappa shape index (κ3) is 5.05. The summed E-state index contributed by atoms with van der Waals surface area (Å²) in [6, 6.07) is 14.0. The minimum Gasteiger partial charge on any atom is -0.479 e. The molecule has 2 amide bonds. The van der Waals surface area contributed by atoms with Crippen molar-refractivity contribution in [1.29, 1.82) is 0 Å². The summed E-state index contributed by atoms with van der Waals surface area (Å²) in [5.74, 6) is -2.56. The van der Waals surface area contributed by atoms with Crippen LogP contribution in [0.5, 0.6) is 0 Å². The van der Waals surface area contributed by atoms with Crippen LogP contribution in [0.1, 0.15) is 53.2 Å². The number of benzene rings is 3. The van der Waals surface area contributed by atoms with Crippen molar-refractivity contribution >= 4 is 39.7 Å². The number of fused-ring (bicyclic) bond motifs is 3. The zero-order valence-electron chi connectivity index (χ0n) is 22.8. The average Bonchev–Trinajstić information content (AvgIpc) is 3.53. The minimum absolute atomic E-state index is 0.0313. The fraction of sp³-hybridized carbons (Fsp3) is 0.194. The topological polar surface area (TPSA) is 145 Å². The van der Waals surface area contributed by atoms with Crippen molar-refractivity contribution in [2.75, 3.05) is 7.05 Å². The lowest BCUT2D eigenvalue weighted by molar-refractivity contribution is -0.146. The highest BCUT2D eigenvalue weighted by Crippen LogP contribution is 2.43. The molecule has 0 aliphatic heterocycles. The van der Waals surface area contributed by atoms with Crippen LogP contribution in [-0.2, 0) is 4.79 Å². The molecule has 210 valence electrons. The lowest BCUT2D eigenvalue weighted by Gasteiger charge is -2.20.